The molecule has 2 aromatic carbocycles. The van der Waals surface area contributed by atoms with Crippen LogP contribution in [0.25, 0.3) is 0 Å². The van der Waals surface area contributed by atoms with Crippen molar-refractivity contribution >= 4 is 21.6 Å². The SMILES string of the molecule is CC(=O)Nc1ccc(S(=O)(=O)NCC2(c3ccc(F)cc3)CC2)c(C)c1. The fourth-order valence-electron chi connectivity index (χ4n) is 3.06. The van der Waals surface area contributed by atoms with Crippen molar-refractivity contribution in [2.45, 2.75) is 37.0 Å². The average molecular weight is 376 g/mol. The smallest absolute Gasteiger partial charge is 0.240 e. The topological polar surface area (TPSA) is 75.3 Å². The van der Waals surface area contributed by atoms with Crippen LogP contribution in [0.5, 0.6) is 0 Å². The zero-order valence-electron chi connectivity index (χ0n) is 14.7. The zero-order valence-corrected chi connectivity index (χ0v) is 15.5. The summed E-state index contributed by atoms with van der Waals surface area (Å²) in [5, 5.41) is 2.63. The fraction of sp³-hybridized carbons (Fsp3) is 0.316. The highest BCUT2D eigenvalue weighted by Gasteiger charge is 2.44. The summed E-state index contributed by atoms with van der Waals surface area (Å²) in [6.45, 7) is 3.35. The van der Waals surface area contributed by atoms with Gasteiger partial charge in [0.05, 0.1) is 4.90 Å². The number of nitrogens with one attached hydrogen (secondary N) is 2. The van der Waals surface area contributed by atoms with Gasteiger partial charge >= 0.3 is 0 Å². The van der Waals surface area contributed by atoms with Gasteiger partial charge in [-0.3, -0.25) is 4.79 Å². The monoisotopic (exact) mass is 376 g/mol. The number of hydrogen-bond acceptors (Lipinski definition) is 3. The molecule has 0 atom stereocenters. The first-order valence-electron chi connectivity index (χ1n) is 8.36. The Morgan fingerprint density at radius 3 is 2.35 bits per heavy atom. The van der Waals surface area contributed by atoms with Crippen LogP contribution >= 0.6 is 0 Å². The van der Waals surface area contributed by atoms with E-state index < -0.39 is 10.0 Å². The number of aryl methyl sites for hydroxylation is 1. The number of benzene rings is 2. The van der Waals surface area contributed by atoms with Crippen LogP contribution in [0.3, 0.4) is 0 Å². The lowest BCUT2D eigenvalue weighted by Gasteiger charge is -2.18. The van der Waals surface area contributed by atoms with Gasteiger partial charge in [0.15, 0.2) is 0 Å². The molecule has 138 valence electrons. The first-order valence-corrected chi connectivity index (χ1v) is 9.84. The number of hydrogen-bond donors (Lipinski definition) is 2. The maximum atomic E-state index is 13.1. The fourth-order valence-corrected chi connectivity index (χ4v) is 4.42. The van der Waals surface area contributed by atoms with Gasteiger partial charge in [-0.25, -0.2) is 17.5 Å². The summed E-state index contributed by atoms with van der Waals surface area (Å²) in [6.07, 6.45) is 1.73. The van der Waals surface area contributed by atoms with E-state index in [2.05, 4.69) is 10.0 Å². The summed E-state index contributed by atoms with van der Waals surface area (Å²) in [7, 11) is -3.68. The van der Waals surface area contributed by atoms with Gasteiger partial charge in [0.1, 0.15) is 5.82 Å². The van der Waals surface area contributed by atoms with Crippen molar-refractivity contribution in [3.8, 4) is 0 Å². The Hall–Kier alpha value is -2.25. The van der Waals surface area contributed by atoms with Crippen molar-refractivity contribution in [3.63, 3.8) is 0 Å². The second-order valence-electron chi connectivity index (χ2n) is 6.77. The van der Waals surface area contributed by atoms with E-state index in [1.54, 1.807) is 31.2 Å². The van der Waals surface area contributed by atoms with Gasteiger partial charge in [-0.05, 0) is 61.2 Å². The van der Waals surface area contributed by atoms with Crippen molar-refractivity contribution in [1.82, 2.24) is 4.72 Å². The van der Waals surface area contributed by atoms with Gasteiger partial charge in [0, 0.05) is 24.6 Å². The molecule has 5 nitrogen and oxygen atoms in total. The number of anilines is 1. The number of rotatable bonds is 6. The molecule has 3 rings (SSSR count). The molecule has 0 saturated heterocycles. The van der Waals surface area contributed by atoms with Crippen LogP contribution in [-0.2, 0) is 20.2 Å². The lowest BCUT2D eigenvalue weighted by Crippen LogP contribution is -2.32. The molecule has 0 spiro atoms. The van der Waals surface area contributed by atoms with E-state index in [4.69, 9.17) is 0 Å². The second-order valence-corrected chi connectivity index (χ2v) is 8.51. The quantitative estimate of drug-likeness (QED) is 0.813. The Bertz CT molecular complexity index is 936. The Kier molecular flexibility index (Phi) is 4.86. The van der Waals surface area contributed by atoms with E-state index in [0.717, 1.165) is 18.4 Å². The molecule has 7 heteroatoms. The summed E-state index contributed by atoms with van der Waals surface area (Å²) in [5.74, 6) is -0.520. The van der Waals surface area contributed by atoms with E-state index in [0.29, 0.717) is 11.3 Å². The number of sulfonamides is 1. The van der Waals surface area contributed by atoms with Crippen molar-refractivity contribution in [3.05, 3.63) is 59.4 Å². The highest BCUT2D eigenvalue weighted by molar-refractivity contribution is 7.89. The van der Waals surface area contributed by atoms with Crippen molar-refractivity contribution in [2.75, 3.05) is 11.9 Å². The Morgan fingerprint density at radius 1 is 1.15 bits per heavy atom. The number of carbonyl (C=O) groups is 1. The molecular weight excluding hydrogens is 355 g/mol. The lowest BCUT2D eigenvalue weighted by atomic mass is 9.96. The third-order valence-corrected chi connectivity index (χ3v) is 6.26. The van der Waals surface area contributed by atoms with Crippen LogP contribution in [0.2, 0.25) is 0 Å². The first-order chi connectivity index (χ1) is 12.2. The van der Waals surface area contributed by atoms with E-state index in [1.165, 1.54) is 25.1 Å². The molecule has 1 saturated carbocycles. The second kappa shape index (κ2) is 6.81. The van der Waals surface area contributed by atoms with Gasteiger partial charge in [-0.1, -0.05) is 12.1 Å². The van der Waals surface area contributed by atoms with Crippen molar-refractivity contribution in [1.29, 1.82) is 0 Å². The van der Waals surface area contributed by atoms with Crippen LogP contribution in [0.4, 0.5) is 10.1 Å². The maximum Gasteiger partial charge on any atom is 0.240 e. The summed E-state index contributed by atoms with van der Waals surface area (Å²) in [6, 6.07) is 10.9. The Morgan fingerprint density at radius 2 is 1.81 bits per heavy atom. The van der Waals surface area contributed by atoms with E-state index >= 15 is 0 Å². The normalized spacial score (nSPS) is 15.5. The molecule has 1 aliphatic carbocycles. The Balaban J connectivity index is 1.75. The molecule has 2 N–H and O–H groups in total. The molecule has 2 aromatic rings. The van der Waals surface area contributed by atoms with E-state index in [-0.39, 0.29) is 28.6 Å². The number of halogens is 1. The van der Waals surface area contributed by atoms with Crippen LogP contribution in [0.1, 0.15) is 30.9 Å². The van der Waals surface area contributed by atoms with Gasteiger partial charge in [-0.15, -0.1) is 0 Å². The number of amides is 1. The average Bonchev–Trinajstić information content (AvgIpc) is 3.34. The van der Waals surface area contributed by atoms with Crippen LogP contribution in [0.15, 0.2) is 47.4 Å². The summed E-state index contributed by atoms with van der Waals surface area (Å²) in [5.41, 5.74) is 1.79. The van der Waals surface area contributed by atoms with Gasteiger partial charge in [-0.2, -0.15) is 0 Å². The third-order valence-electron chi connectivity index (χ3n) is 4.70. The summed E-state index contributed by atoms with van der Waals surface area (Å²) >= 11 is 0. The molecule has 0 aromatic heterocycles. The summed E-state index contributed by atoms with van der Waals surface area (Å²) < 4.78 is 41.2. The molecule has 1 fully saturated rings. The van der Waals surface area contributed by atoms with Crippen LogP contribution < -0.4 is 10.0 Å². The minimum Gasteiger partial charge on any atom is -0.326 e. The molecule has 0 heterocycles. The van der Waals surface area contributed by atoms with E-state index in [1.807, 2.05) is 0 Å². The summed E-state index contributed by atoms with van der Waals surface area (Å²) in [4.78, 5) is 11.3. The van der Waals surface area contributed by atoms with E-state index in [9.17, 15) is 17.6 Å². The molecule has 26 heavy (non-hydrogen) atoms. The van der Waals surface area contributed by atoms with Crippen molar-refractivity contribution in [2.24, 2.45) is 0 Å². The first kappa shape index (κ1) is 18.5. The molecule has 0 aliphatic heterocycles. The third kappa shape index (κ3) is 3.94. The van der Waals surface area contributed by atoms with Gasteiger partial charge in [0.25, 0.3) is 0 Å². The molecule has 0 unspecified atom stereocenters. The lowest BCUT2D eigenvalue weighted by molar-refractivity contribution is -0.114. The number of carbonyl (C=O) groups excluding carboxylic acids is 1. The minimum atomic E-state index is -3.68. The van der Waals surface area contributed by atoms with Gasteiger partial charge < -0.3 is 5.32 Å². The van der Waals surface area contributed by atoms with Crippen LogP contribution in [0, 0.1) is 12.7 Å². The predicted octanol–water partition coefficient (Wildman–Crippen LogP) is 3.10. The molecule has 0 bridgehead atoms. The minimum absolute atomic E-state index is 0.182. The van der Waals surface area contributed by atoms with Gasteiger partial charge in [0.2, 0.25) is 15.9 Å². The molecule has 0 radical (unpaired) electrons. The molecule has 1 aliphatic rings. The molecule has 1 amide bonds. The predicted molar refractivity (Wildman–Crippen MR) is 98.0 cm³/mol. The maximum absolute atomic E-state index is 13.1. The zero-order chi connectivity index (χ0) is 18.9. The van der Waals surface area contributed by atoms with Crippen LogP contribution in [-0.4, -0.2) is 20.9 Å². The highest BCUT2D eigenvalue weighted by atomic mass is 32.2. The molecular formula is C19H21FN2O3S. The van der Waals surface area contributed by atoms with Crippen molar-refractivity contribution < 1.29 is 17.6 Å². The standard InChI is InChI=1S/C19H21FN2O3S/c1-13-11-17(22-14(2)23)7-8-18(13)26(24,25)21-12-19(9-10-19)15-3-5-16(20)6-4-15/h3-8,11,21H,9-10,12H2,1-2H3,(H,22,23). The Labute approximate surface area is 152 Å². The largest absolute Gasteiger partial charge is 0.326 e. The highest BCUT2D eigenvalue weighted by Crippen LogP contribution is 2.47.